The molecule has 0 aromatic heterocycles. The van der Waals surface area contributed by atoms with Crippen LogP contribution in [0.25, 0.3) is 0 Å². The predicted octanol–water partition coefficient (Wildman–Crippen LogP) is 2.75. The fourth-order valence-electron chi connectivity index (χ4n) is 1.32. The minimum absolute atomic E-state index is 0.809. The summed E-state index contributed by atoms with van der Waals surface area (Å²) in [7, 11) is 3.70. The Bertz CT molecular complexity index is 450. The number of thiol groups is 1. The molecular formula is C13H13NOS. The molecule has 0 amide bonds. The van der Waals surface area contributed by atoms with E-state index in [1.165, 1.54) is 0 Å². The topological polar surface area (TPSA) is 25.8 Å². The van der Waals surface area contributed by atoms with Crippen molar-refractivity contribution in [2.75, 3.05) is 0 Å². The smallest absolute Gasteiger partial charge is 0.127 e. The van der Waals surface area contributed by atoms with Gasteiger partial charge >= 0.3 is 0 Å². The molecule has 2 nitrogen and oxygen atoms in total. The van der Waals surface area contributed by atoms with Crippen LogP contribution >= 0.6 is 12.6 Å². The quantitative estimate of drug-likeness (QED) is 0.474. The fraction of sp³-hybridized carbons (Fsp3) is 0. The van der Waals surface area contributed by atoms with E-state index in [4.69, 9.17) is 4.74 Å². The summed E-state index contributed by atoms with van der Waals surface area (Å²) in [5, 5.41) is 1.81. The summed E-state index contributed by atoms with van der Waals surface area (Å²) >= 11 is 4.22. The Morgan fingerprint density at radius 2 is 1.38 bits per heavy atom. The van der Waals surface area contributed by atoms with Gasteiger partial charge in [-0.25, -0.2) is 0 Å². The molecule has 0 aliphatic heterocycles. The van der Waals surface area contributed by atoms with Gasteiger partial charge in [-0.2, -0.15) is 0 Å². The molecule has 2 aromatic carbocycles. The van der Waals surface area contributed by atoms with Crippen LogP contribution in [0, 0.1) is 7.05 Å². The zero-order chi connectivity index (χ0) is 11.4. The van der Waals surface area contributed by atoms with Crippen LogP contribution < -0.4 is 10.1 Å². The summed E-state index contributed by atoms with van der Waals surface area (Å²) in [4.78, 5) is 0.925. The first-order valence-electron chi connectivity index (χ1n) is 4.97. The second kappa shape index (κ2) is 5.05. The second-order valence-corrected chi connectivity index (χ2v) is 3.89. The molecule has 0 radical (unpaired) electrons. The standard InChI is InChI=1S/C13H13NOS/c1-14-10-2-4-11(5-3-10)15-12-6-8-13(16)9-7-12/h2-9,16H,1,14H2. The fourth-order valence-corrected chi connectivity index (χ4v) is 1.47. The molecule has 0 spiro atoms. The van der Waals surface area contributed by atoms with Crippen molar-refractivity contribution in [3.63, 3.8) is 0 Å². The molecule has 0 saturated heterocycles. The van der Waals surface area contributed by atoms with Crippen LogP contribution in [0.2, 0.25) is 0 Å². The third-order valence-corrected chi connectivity index (χ3v) is 2.49. The van der Waals surface area contributed by atoms with Crippen molar-refractivity contribution < 1.29 is 10.1 Å². The maximum atomic E-state index is 5.66. The van der Waals surface area contributed by atoms with E-state index in [9.17, 15) is 0 Å². The van der Waals surface area contributed by atoms with Crippen LogP contribution in [0.15, 0.2) is 53.4 Å². The maximum Gasteiger partial charge on any atom is 0.127 e. The summed E-state index contributed by atoms with van der Waals surface area (Å²) in [6.45, 7) is 0. The van der Waals surface area contributed by atoms with Crippen LogP contribution in [0.1, 0.15) is 0 Å². The highest BCUT2D eigenvalue weighted by molar-refractivity contribution is 7.80. The number of quaternary nitrogens is 1. The lowest BCUT2D eigenvalue weighted by molar-refractivity contribution is -0.504. The van der Waals surface area contributed by atoms with Gasteiger partial charge in [-0.1, -0.05) is 0 Å². The molecule has 0 aliphatic rings. The summed E-state index contributed by atoms with van der Waals surface area (Å²) < 4.78 is 5.66. The van der Waals surface area contributed by atoms with E-state index < -0.39 is 0 Å². The number of nitrogens with two attached hydrogens (primary N) is 1. The van der Waals surface area contributed by atoms with Crippen molar-refractivity contribution >= 4 is 18.3 Å². The zero-order valence-corrected chi connectivity index (χ0v) is 9.65. The van der Waals surface area contributed by atoms with Gasteiger partial charge < -0.3 is 10.1 Å². The lowest BCUT2D eigenvalue weighted by Crippen LogP contribution is -2.69. The highest BCUT2D eigenvalue weighted by Gasteiger charge is 1.97. The van der Waals surface area contributed by atoms with Crippen molar-refractivity contribution in [1.82, 2.24) is 0 Å². The van der Waals surface area contributed by atoms with E-state index in [2.05, 4.69) is 19.7 Å². The first kappa shape index (κ1) is 11.0. The molecule has 2 rings (SSSR count). The molecule has 0 unspecified atom stereocenters. The predicted molar refractivity (Wildman–Crippen MR) is 67.2 cm³/mol. The van der Waals surface area contributed by atoms with Gasteiger partial charge in [0.2, 0.25) is 0 Å². The summed E-state index contributed by atoms with van der Waals surface area (Å²) in [5.74, 6) is 1.63. The zero-order valence-electron chi connectivity index (χ0n) is 8.76. The van der Waals surface area contributed by atoms with Gasteiger partial charge in [0, 0.05) is 17.0 Å². The van der Waals surface area contributed by atoms with Crippen LogP contribution in [0.4, 0.5) is 5.69 Å². The Hall–Kier alpha value is -1.45. The second-order valence-electron chi connectivity index (χ2n) is 3.37. The van der Waals surface area contributed by atoms with Gasteiger partial charge in [-0.3, -0.25) is 0 Å². The van der Waals surface area contributed by atoms with Crippen LogP contribution in [-0.4, -0.2) is 0 Å². The van der Waals surface area contributed by atoms with Crippen LogP contribution in [0.3, 0.4) is 0 Å². The van der Waals surface area contributed by atoms with E-state index in [-0.39, 0.29) is 0 Å². The Balaban J connectivity index is 2.11. The molecular weight excluding hydrogens is 218 g/mol. The highest BCUT2D eigenvalue weighted by Crippen LogP contribution is 2.22. The number of hydrogen-bond acceptors (Lipinski definition) is 2. The molecule has 2 N–H and O–H groups in total. The number of ether oxygens (including phenoxy) is 1. The normalized spacial score (nSPS) is 10.1. The van der Waals surface area contributed by atoms with E-state index in [1.54, 1.807) is 5.32 Å². The largest absolute Gasteiger partial charge is 0.457 e. The first-order valence-corrected chi connectivity index (χ1v) is 5.42. The summed E-state index contributed by atoms with van der Waals surface area (Å²) in [5.41, 5.74) is 1.08. The Kier molecular flexibility index (Phi) is 3.49. The molecule has 16 heavy (non-hydrogen) atoms. The molecule has 3 heteroatoms. The molecule has 0 atom stereocenters. The number of hydrogen-bond donors (Lipinski definition) is 2. The Morgan fingerprint density at radius 1 is 0.875 bits per heavy atom. The van der Waals surface area contributed by atoms with Gasteiger partial charge in [-0.05, 0) is 36.4 Å². The molecule has 0 heterocycles. The van der Waals surface area contributed by atoms with Crippen LogP contribution in [-0.2, 0) is 0 Å². The average molecular weight is 231 g/mol. The van der Waals surface area contributed by atoms with Crippen molar-refractivity contribution in [1.29, 1.82) is 0 Å². The van der Waals surface area contributed by atoms with Crippen LogP contribution in [0.5, 0.6) is 11.5 Å². The molecule has 2 aromatic rings. The average Bonchev–Trinajstić information content (AvgIpc) is 2.33. The van der Waals surface area contributed by atoms with E-state index in [1.807, 2.05) is 48.5 Å². The van der Waals surface area contributed by atoms with E-state index in [0.717, 1.165) is 22.1 Å². The lowest BCUT2D eigenvalue weighted by Gasteiger charge is -2.06. The molecule has 82 valence electrons. The molecule has 0 fully saturated rings. The molecule has 0 aliphatic carbocycles. The Labute approximate surface area is 101 Å². The SMILES string of the molecule is [CH2-][NH2+]c1ccc(Oc2ccc(S)cc2)cc1. The first-order chi connectivity index (χ1) is 7.78. The van der Waals surface area contributed by atoms with Gasteiger partial charge in [0.15, 0.2) is 0 Å². The summed E-state index contributed by atoms with van der Waals surface area (Å²) in [6, 6.07) is 15.4. The number of benzene rings is 2. The van der Waals surface area contributed by atoms with E-state index >= 15 is 0 Å². The van der Waals surface area contributed by atoms with Gasteiger partial charge in [0.25, 0.3) is 0 Å². The van der Waals surface area contributed by atoms with Gasteiger partial charge in [0.1, 0.15) is 17.2 Å². The monoisotopic (exact) mass is 231 g/mol. The third-order valence-electron chi connectivity index (χ3n) is 2.19. The highest BCUT2D eigenvalue weighted by atomic mass is 32.1. The summed E-state index contributed by atoms with van der Waals surface area (Å²) in [6.07, 6.45) is 0. The van der Waals surface area contributed by atoms with Crippen molar-refractivity contribution in [2.24, 2.45) is 0 Å². The lowest BCUT2D eigenvalue weighted by atomic mass is 10.3. The van der Waals surface area contributed by atoms with Gasteiger partial charge in [-0.15, -0.1) is 19.7 Å². The minimum Gasteiger partial charge on any atom is -0.457 e. The third kappa shape index (κ3) is 2.78. The number of rotatable bonds is 3. The maximum absolute atomic E-state index is 5.66. The van der Waals surface area contributed by atoms with Crippen molar-refractivity contribution in [3.05, 3.63) is 55.6 Å². The van der Waals surface area contributed by atoms with Crippen molar-refractivity contribution in [3.8, 4) is 11.5 Å². The van der Waals surface area contributed by atoms with E-state index in [0.29, 0.717) is 0 Å². The Morgan fingerprint density at radius 3 is 1.88 bits per heavy atom. The minimum atomic E-state index is 0.809. The van der Waals surface area contributed by atoms with Gasteiger partial charge in [0.05, 0.1) is 0 Å². The molecule has 0 saturated carbocycles. The molecule has 0 bridgehead atoms. The van der Waals surface area contributed by atoms with Crippen molar-refractivity contribution in [2.45, 2.75) is 4.90 Å².